The first kappa shape index (κ1) is 24.5. The summed E-state index contributed by atoms with van der Waals surface area (Å²) in [7, 11) is 0. The molecule has 1 aromatic heterocycles. The molecule has 0 saturated carbocycles. The van der Waals surface area contributed by atoms with Crippen molar-refractivity contribution in [2.24, 2.45) is 0 Å². The second-order valence-electron chi connectivity index (χ2n) is 11.4. The summed E-state index contributed by atoms with van der Waals surface area (Å²) in [5.41, 5.74) is 7.83. The van der Waals surface area contributed by atoms with Gasteiger partial charge in [-0.2, -0.15) is 17.7 Å². The van der Waals surface area contributed by atoms with Gasteiger partial charge in [-0.25, -0.2) is 0 Å². The summed E-state index contributed by atoms with van der Waals surface area (Å²) in [5.74, 6) is -0.00984. The van der Waals surface area contributed by atoms with Crippen LogP contribution in [0, 0.1) is 0 Å². The molecule has 3 aromatic carbocycles. The number of benzene rings is 3. The number of hydrogen-bond donors (Lipinski definition) is 0. The predicted octanol–water partition coefficient (Wildman–Crippen LogP) is 7.55. The van der Waals surface area contributed by atoms with E-state index in [-0.39, 0.29) is 18.1 Å². The van der Waals surface area contributed by atoms with Crippen LogP contribution in [-0.4, -0.2) is 22.4 Å². The van der Waals surface area contributed by atoms with Gasteiger partial charge < -0.3 is 9.80 Å². The Kier molecular flexibility index (Phi) is 5.28. The summed E-state index contributed by atoms with van der Waals surface area (Å²) in [6.07, 6.45) is 3.83. The number of aromatic nitrogens is 1. The first-order valence-corrected chi connectivity index (χ1v) is 14.2. The Bertz CT molecular complexity index is 1740. The van der Waals surface area contributed by atoms with Crippen LogP contribution in [0.5, 0.6) is 0 Å². The van der Waals surface area contributed by atoms with Crippen LogP contribution in [0.3, 0.4) is 0 Å². The first-order valence-electron chi connectivity index (χ1n) is 14.2. The second-order valence-corrected chi connectivity index (χ2v) is 11.4. The van der Waals surface area contributed by atoms with Gasteiger partial charge in [0.2, 0.25) is 11.4 Å². The number of rotatable bonds is 1. The number of pyridine rings is 1. The van der Waals surface area contributed by atoms with E-state index in [0.717, 1.165) is 35.5 Å². The maximum Gasteiger partial charge on any atom is 0.416 e. The van der Waals surface area contributed by atoms with E-state index in [1.807, 2.05) is 54.7 Å². The second kappa shape index (κ2) is 8.84. The lowest BCUT2D eigenvalue weighted by molar-refractivity contribution is -0.573. The zero-order chi connectivity index (χ0) is 27.9. The molecule has 6 heteroatoms. The smallest absolute Gasteiger partial charge is 0.352 e. The predicted molar refractivity (Wildman–Crippen MR) is 153 cm³/mol. The third-order valence-electron chi connectivity index (χ3n) is 9.43. The number of alkyl halides is 3. The zero-order valence-corrected chi connectivity index (χ0v) is 22.5. The highest BCUT2D eigenvalue weighted by atomic mass is 19.4. The number of nitrogens with zero attached hydrogens (tertiary/aromatic N) is 3. The minimum Gasteiger partial charge on any atom is -0.352 e. The van der Waals surface area contributed by atoms with E-state index in [9.17, 15) is 13.2 Å². The minimum atomic E-state index is -4.45. The van der Waals surface area contributed by atoms with Crippen molar-refractivity contribution < 1.29 is 17.7 Å². The summed E-state index contributed by atoms with van der Waals surface area (Å²) in [5, 5.41) is 0. The van der Waals surface area contributed by atoms with Crippen molar-refractivity contribution in [3.8, 4) is 22.4 Å². The fraction of sp³-hybridized carbons (Fsp3) is 0.229. The lowest BCUT2D eigenvalue weighted by Crippen LogP contribution is -2.53. The molecule has 5 heterocycles. The quantitative estimate of drug-likeness (QED) is 0.227. The van der Waals surface area contributed by atoms with E-state index in [0.29, 0.717) is 24.0 Å². The van der Waals surface area contributed by atoms with Crippen molar-refractivity contribution in [2.45, 2.75) is 43.6 Å². The normalized spacial score (nSPS) is 22.2. The van der Waals surface area contributed by atoms with Crippen LogP contribution in [0.15, 0.2) is 104 Å². The standard InChI is InChI=1S/C35H29F3N3/c1-22-32-29(27-11-5-10-24-17-19-39-20-21-41(32)34(39)31(24)27)16-15-26-28(12-6-14-30(26)35(36,37)38)33-25(13-7-18-40(22)33)23-8-3-2-4-9-23/h2-14,18,20-21,29,32,34H,1,15-17,19H2/q+1. The van der Waals surface area contributed by atoms with Gasteiger partial charge in [-0.3, -0.25) is 0 Å². The molecule has 41 heavy (non-hydrogen) atoms. The molecule has 8 rings (SSSR count). The molecule has 3 unspecified atom stereocenters. The SMILES string of the molecule is C=C1C2C(CCc3c(cccc3C(F)(F)F)-c3c(-c4ccccc4)ccc[n+]31)c1cccc3c1C1N(C=CN21)CC3. The van der Waals surface area contributed by atoms with Gasteiger partial charge in [-0.1, -0.05) is 54.6 Å². The van der Waals surface area contributed by atoms with Crippen molar-refractivity contribution in [1.29, 1.82) is 0 Å². The number of fused-ring (bicyclic) bond motifs is 6. The fourth-order valence-corrected chi connectivity index (χ4v) is 7.75. The topological polar surface area (TPSA) is 10.4 Å². The van der Waals surface area contributed by atoms with E-state index >= 15 is 0 Å². The molecule has 0 N–H and O–H groups in total. The summed E-state index contributed by atoms with van der Waals surface area (Å²) >= 11 is 0. The summed E-state index contributed by atoms with van der Waals surface area (Å²) < 4.78 is 45.8. The average molecular weight is 549 g/mol. The van der Waals surface area contributed by atoms with Gasteiger partial charge in [0.05, 0.1) is 16.7 Å². The third-order valence-corrected chi connectivity index (χ3v) is 9.43. The average Bonchev–Trinajstić information content (AvgIpc) is 3.44. The Hall–Kier alpha value is -4.32. The van der Waals surface area contributed by atoms with Crippen LogP contribution < -0.4 is 4.57 Å². The minimum absolute atomic E-state index is 0.00984. The molecule has 0 radical (unpaired) electrons. The van der Waals surface area contributed by atoms with Gasteiger partial charge in [0.15, 0.2) is 6.20 Å². The zero-order valence-electron chi connectivity index (χ0n) is 22.5. The molecule has 0 amide bonds. The highest BCUT2D eigenvalue weighted by Gasteiger charge is 2.50. The third kappa shape index (κ3) is 3.56. The summed E-state index contributed by atoms with van der Waals surface area (Å²) in [6.45, 7) is 5.65. The molecule has 0 saturated heterocycles. The molecule has 0 bridgehead atoms. The van der Waals surface area contributed by atoms with Gasteiger partial charge in [0, 0.05) is 36.5 Å². The Morgan fingerprint density at radius 1 is 0.829 bits per heavy atom. The summed E-state index contributed by atoms with van der Waals surface area (Å²) in [4.78, 5) is 4.80. The van der Waals surface area contributed by atoms with Crippen LogP contribution in [0.2, 0.25) is 0 Å². The van der Waals surface area contributed by atoms with E-state index in [4.69, 9.17) is 6.58 Å². The van der Waals surface area contributed by atoms with Gasteiger partial charge in [-0.05, 0) is 66.3 Å². The maximum absolute atomic E-state index is 14.6. The molecule has 3 nitrogen and oxygen atoms in total. The molecule has 4 aliphatic rings. The van der Waals surface area contributed by atoms with Gasteiger partial charge in [-0.15, -0.1) is 0 Å². The van der Waals surface area contributed by atoms with Crippen molar-refractivity contribution in [1.82, 2.24) is 9.80 Å². The molecule has 4 aromatic rings. The van der Waals surface area contributed by atoms with E-state index in [1.165, 1.54) is 22.8 Å². The van der Waals surface area contributed by atoms with Crippen LogP contribution in [0.1, 0.15) is 46.3 Å². The monoisotopic (exact) mass is 548 g/mol. The van der Waals surface area contributed by atoms with Gasteiger partial charge >= 0.3 is 6.18 Å². The Morgan fingerprint density at radius 2 is 1.63 bits per heavy atom. The highest BCUT2D eigenvalue weighted by molar-refractivity contribution is 5.81. The first-order chi connectivity index (χ1) is 19.9. The van der Waals surface area contributed by atoms with Crippen molar-refractivity contribution in [3.63, 3.8) is 0 Å². The molecule has 0 fully saturated rings. The Balaban J connectivity index is 1.43. The molecule has 204 valence electrons. The fourth-order valence-electron chi connectivity index (χ4n) is 7.75. The van der Waals surface area contributed by atoms with Crippen LogP contribution in [0.25, 0.3) is 28.1 Å². The van der Waals surface area contributed by atoms with Crippen LogP contribution >= 0.6 is 0 Å². The molecule has 0 aliphatic carbocycles. The Morgan fingerprint density at radius 3 is 2.46 bits per heavy atom. The summed E-state index contributed by atoms with van der Waals surface area (Å²) in [6, 6.07) is 25.0. The largest absolute Gasteiger partial charge is 0.416 e. The molecular weight excluding hydrogens is 519 g/mol. The number of hydrogen-bond acceptors (Lipinski definition) is 2. The molecule has 3 atom stereocenters. The molecule has 4 aliphatic heterocycles. The lowest BCUT2D eigenvalue weighted by Gasteiger charge is -2.48. The van der Waals surface area contributed by atoms with E-state index in [2.05, 4.69) is 45.0 Å². The highest BCUT2D eigenvalue weighted by Crippen LogP contribution is 2.52. The number of halogens is 3. The van der Waals surface area contributed by atoms with Crippen molar-refractivity contribution >= 4 is 5.70 Å². The van der Waals surface area contributed by atoms with Crippen molar-refractivity contribution in [3.05, 3.63) is 132 Å². The van der Waals surface area contributed by atoms with E-state index in [1.54, 1.807) is 6.07 Å². The molecule has 0 spiro atoms. The van der Waals surface area contributed by atoms with E-state index < -0.39 is 11.7 Å². The Labute approximate surface area is 237 Å². The lowest BCUT2D eigenvalue weighted by atomic mass is 9.75. The molecular formula is C35H29F3N3+. The van der Waals surface area contributed by atoms with Gasteiger partial charge in [0.1, 0.15) is 12.2 Å². The van der Waals surface area contributed by atoms with Crippen LogP contribution in [-0.2, 0) is 19.0 Å². The maximum atomic E-state index is 14.6. The van der Waals surface area contributed by atoms with Gasteiger partial charge in [0.25, 0.3) is 0 Å². The van der Waals surface area contributed by atoms with Crippen LogP contribution in [0.4, 0.5) is 13.2 Å². The van der Waals surface area contributed by atoms with Crippen molar-refractivity contribution in [2.75, 3.05) is 6.54 Å².